The number of nitrogens with zero attached hydrogens (tertiary/aromatic N) is 3. The molecule has 0 unspecified atom stereocenters. The Bertz CT molecular complexity index is 750. The largest absolute Gasteiger partial charge is 0.416 e. The van der Waals surface area contributed by atoms with E-state index in [1.165, 1.54) is 0 Å². The van der Waals surface area contributed by atoms with E-state index >= 15 is 0 Å². The Morgan fingerprint density at radius 3 is 2.68 bits per heavy atom. The minimum absolute atomic E-state index is 0.279. The molecule has 0 aliphatic heterocycles. The summed E-state index contributed by atoms with van der Waals surface area (Å²) in [6.45, 7) is 9.09. The Hall–Kier alpha value is -1.94. The number of nitrogens with one attached hydrogen (secondary N) is 2. The van der Waals surface area contributed by atoms with E-state index in [9.17, 15) is 9.59 Å². The van der Waals surface area contributed by atoms with Crippen LogP contribution < -0.4 is 10.6 Å². The molecule has 1 atom stereocenters. The Morgan fingerprint density at radius 1 is 1.36 bits per heavy atom. The second-order valence-electron chi connectivity index (χ2n) is 6.45. The first-order valence-electron chi connectivity index (χ1n) is 7.65. The van der Waals surface area contributed by atoms with E-state index in [0.717, 1.165) is 22.5 Å². The van der Waals surface area contributed by atoms with Crippen molar-refractivity contribution in [2.45, 2.75) is 57.1 Å². The molecule has 2 heterocycles. The van der Waals surface area contributed by atoms with Crippen molar-refractivity contribution in [3.8, 4) is 0 Å². The molecule has 0 saturated carbocycles. The second kappa shape index (κ2) is 7.96. The van der Waals surface area contributed by atoms with Crippen LogP contribution in [0, 0.1) is 6.92 Å². The number of thioether (sulfide) groups is 1. The molecule has 2 rings (SSSR count). The van der Waals surface area contributed by atoms with Gasteiger partial charge in [-0.3, -0.25) is 10.1 Å². The van der Waals surface area contributed by atoms with Gasteiger partial charge in [0.15, 0.2) is 0 Å². The van der Waals surface area contributed by atoms with Crippen molar-refractivity contribution < 1.29 is 14.0 Å². The fraction of sp³-hybridized carbons (Fsp3) is 0.533. The second-order valence-corrected chi connectivity index (χ2v) is 8.80. The molecule has 10 heteroatoms. The van der Waals surface area contributed by atoms with Crippen LogP contribution in [-0.4, -0.2) is 37.9 Å². The highest BCUT2D eigenvalue weighted by Crippen LogP contribution is 2.23. The number of hydrogen-bond donors (Lipinski definition) is 2. The van der Waals surface area contributed by atoms with Gasteiger partial charge >= 0.3 is 6.03 Å². The number of amides is 3. The van der Waals surface area contributed by atoms with Crippen LogP contribution >= 0.6 is 23.1 Å². The smallest absolute Gasteiger partial charge is 0.321 e. The maximum atomic E-state index is 12.1. The van der Waals surface area contributed by atoms with Crippen LogP contribution in [0.4, 0.5) is 4.79 Å². The monoisotopic (exact) mass is 383 g/mol. The van der Waals surface area contributed by atoms with Crippen LogP contribution in [0.15, 0.2) is 15.0 Å². The van der Waals surface area contributed by atoms with Gasteiger partial charge in [-0.2, -0.15) is 0 Å². The molecule has 0 aliphatic carbocycles. The first-order chi connectivity index (χ1) is 11.6. The maximum Gasteiger partial charge on any atom is 0.321 e. The molecule has 0 bridgehead atoms. The summed E-state index contributed by atoms with van der Waals surface area (Å²) in [7, 11) is 0. The van der Waals surface area contributed by atoms with E-state index in [0.29, 0.717) is 12.3 Å². The molecular weight excluding hydrogens is 362 g/mol. The van der Waals surface area contributed by atoms with Crippen molar-refractivity contribution >= 4 is 35.0 Å². The maximum absolute atomic E-state index is 12.1. The number of imide groups is 1. The van der Waals surface area contributed by atoms with Crippen molar-refractivity contribution in [1.29, 1.82) is 0 Å². The highest BCUT2D eigenvalue weighted by atomic mass is 32.2. The SMILES string of the molecule is Cc1nc(Cc2nnc(S[C@@H](C)C(=O)NC(=O)NC(C)(C)C)o2)cs1. The van der Waals surface area contributed by atoms with Crippen LogP contribution in [0.5, 0.6) is 0 Å². The number of carbonyl (C=O) groups is 2. The lowest BCUT2D eigenvalue weighted by atomic mass is 10.1. The standard InChI is InChI=1S/C15H21N5O3S2/c1-8(12(21)17-13(22)18-15(3,4)5)25-14-20-19-11(23-14)6-10-7-24-9(2)16-10/h7-8H,6H2,1-5H3,(H2,17,18,21,22)/t8-/m0/s1. The fourth-order valence-corrected chi connectivity index (χ4v) is 3.11. The molecule has 0 aliphatic rings. The zero-order valence-corrected chi connectivity index (χ0v) is 16.4. The summed E-state index contributed by atoms with van der Waals surface area (Å²) in [6.07, 6.45) is 0.451. The number of aryl methyl sites for hydroxylation is 1. The molecule has 25 heavy (non-hydrogen) atoms. The molecule has 0 fully saturated rings. The minimum atomic E-state index is -0.555. The van der Waals surface area contributed by atoms with Gasteiger partial charge in [0.2, 0.25) is 11.8 Å². The van der Waals surface area contributed by atoms with Gasteiger partial charge in [0.1, 0.15) is 0 Å². The molecule has 3 amide bonds. The van der Waals surface area contributed by atoms with Gasteiger partial charge in [0.25, 0.3) is 5.22 Å². The third kappa shape index (κ3) is 6.46. The zero-order chi connectivity index (χ0) is 18.6. The highest BCUT2D eigenvalue weighted by molar-refractivity contribution is 8.00. The minimum Gasteiger partial charge on any atom is -0.416 e. The van der Waals surface area contributed by atoms with Gasteiger partial charge in [-0.25, -0.2) is 9.78 Å². The fourth-order valence-electron chi connectivity index (χ4n) is 1.79. The van der Waals surface area contributed by atoms with Crippen molar-refractivity contribution in [1.82, 2.24) is 25.8 Å². The third-order valence-corrected chi connectivity index (χ3v) is 4.58. The first kappa shape index (κ1) is 19.4. The molecule has 0 spiro atoms. The van der Waals surface area contributed by atoms with Gasteiger partial charge in [-0.15, -0.1) is 21.5 Å². The molecule has 2 aromatic rings. The predicted octanol–water partition coefficient (Wildman–Crippen LogP) is 2.53. The van der Waals surface area contributed by atoms with Gasteiger partial charge in [-0.1, -0.05) is 11.8 Å². The lowest BCUT2D eigenvalue weighted by Gasteiger charge is -2.20. The average Bonchev–Trinajstić information content (AvgIpc) is 3.06. The molecular formula is C15H21N5O3S2. The molecule has 0 saturated heterocycles. The molecule has 0 radical (unpaired) electrons. The van der Waals surface area contributed by atoms with Crippen molar-refractivity contribution in [3.63, 3.8) is 0 Å². The molecule has 136 valence electrons. The number of carbonyl (C=O) groups excluding carboxylic acids is 2. The molecule has 2 aromatic heterocycles. The number of aromatic nitrogens is 3. The summed E-state index contributed by atoms with van der Waals surface area (Å²) in [5, 5.41) is 15.5. The summed E-state index contributed by atoms with van der Waals surface area (Å²) >= 11 is 2.66. The van der Waals surface area contributed by atoms with Gasteiger partial charge in [0, 0.05) is 10.9 Å². The van der Waals surface area contributed by atoms with Crippen molar-refractivity contribution in [2.24, 2.45) is 0 Å². The number of urea groups is 1. The van der Waals surface area contributed by atoms with E-state index in [1.54, 1.807) is 18.3 Å². The Labute approximate surface area is 154 Å². The molecule has 2 N–H and O–H groups in total. The first-order valence-corrected chi connectivity index (χ1v) is 9.41. The van der Waals surface area contributed by atoms with Crippen LogP contribution in [0.2, 0.25) is 0 Å². The number of thiazole rings is 1. The summed E-state index contributed by atoms with van der Waals surface area (Å²) in [6, 6.07) is -0.532. The normalized spacial score (nSPS) is 12.7. The highest BCUT2D eigenvalue weighted by Gasteiger charge is 2.22. The third-order valence-electron chi connectivity index (χ3n) is 2.82. The van der Waals surface area contributed by atoms with Gasteiger partial charge in [0.05, 0.1) is 22.4 Å². The van der Waals surface area contributed by atoms with E-state index in [4.69, 9.17) is 4.42 Å². The van der Waals surface area contributed by atoms with Gasteiger partial charge in [-0.05, 0) is 34.6 Å². The zero-order valence-electron chi connectivity index (χ0n) is 14.7. The van der Waals surface area contributed by atoms with E-state index in [-0.39, 0.29) is 5.22 Å². The number of hydrogen-bond acceptors (Lipinski definition) is 8. The predicted molar refractivity (Wildman–Crippen MR) is 95.7 cm³/mol. The van der Waals surface area contributed by atoms with E-state index in [1.807, 2.05) is 33.1 Å². The van der Waals surface area contributed by atoms with Crippen molar-refractivity contribution in [2.75, 3.05) is 0 Å². The quantitative estimate of drug-likeness (QED) is 0.763. The Morgan fingerprint density at radius 2 is 2.08 bits per heavy atom. The Kier molecular flexibility index (Phi) is 6.17. The van der Waals surface area contributed by atoms with Crippen LogP contribution in [0.1, 0.15) is 44.3 Å². The summed E-state index contributed by atoms with van der Waals surface area (Å²) < 4.78 is 5.53. The lowest BCUT2D eigenvalue weighted by molar-refractivity contribution is -0.119. The summed E-state index contributed by atoms with van der Waals surface area (Å²) in [4.78, 5) is 28.1. The summed E-state index contributed by atoms with van der Waals surface area (Å²) in [5.74, 6) is 0.00695. The van der Waals surface area contributed by atoms with Crippen molar-refractivity contribution in [3.05, 3.63) is 22.0 Å². The van der Waals surface area contributed by atoms with Crippen LogP contribution in [-0.2, 0) is 11.2 Å². The van der Waals surface area contributed by atoms with Crippen LogP contribution in [0.3, 0.4) is 0 Å². The molecule has 8 nitrogen and oxygen atoms in total. The van der Waals surface area contributed by atoms with E-state index < -0.39 is 22.7 Å². The lowest BCUT2D eigenvalue weighted by Crippen LogP contribution is -2.49. The van der Waals surface area contributed by atoms with Crippen LogP contribution in [0.25, 0.3) is 0 Å². The Balaban J connectivity index is 1.86. The number of rotatable bonds is 5. The average molecular weight is 383 g/mol. The van der Waals surface area contributed by atoms with E-state index in [2.05, 4.69) is 25.8 Å². The molecule has 0 aromatic carbocycles. The topological polar surface area (TPSA) is 110 Å². The summed E-state index contributed by atoms with van der Waals surface area (Å²) in [5.41, 5.74) is 0.447. The van der Waals surface area contributed by atoms with Gasteiger partial charge < -0.3 is 9.73 Å².